The lowest BCUT2D eigenvalue weighted by atomic mass is 9.78. The number of benzene rings is 1. The van der Waals surface area contributed by atoms with Crippen molar-refractivity contribution < 1.29 is 9.84 Å². The van der Waals surface area contributed by atoms with Gasteiger partial charge in [0.2, 0.25) is 0 Å². The average molecular weight is 515 g/mol. The van der Waals surface area contributed by atoms with Crippen LogP contribution in [0.3, 0.4) is 0 Å². The van der Waals surface area contributed by atoms with E-state index in [0.29, 0.717) is 18.2 Å². The molecule has 1 saturated heterocycles. The summed E-state index contributed by atoms with van der Waals surface area (Å²) in [5.41, 5.74) is 3.87. The quantitative estimate of drug-likeness (QED) is 0.316. The first kappa shape index (κ1) is 24.3. The molecule has 1 aromatic carbocycles. The first-order valence-corrected chi connectivity index (χ1v) is 10.8. The van der Waals surface area contributed by atoms with E-state index in [1.54, 1.807) is 7.05 Å². The van der Waals surface area contributed by atoms with Gasteiger partial charge in [-0.15, -0.1) is 24.0 Å². The van der Waals surface area contributed by atoms with Gasteiger partial charge in [0.05, 0.1) is 6.10 Å². The summed E-state index contributed by atoms with van der Waals surface area (Å²) in [6, 6.07) is 3.92. The fourth-order valence-electron chi connectivity index (χ4n) is 4.72. The predicted molar refractivity (Wildman–Crippen MR) is 130 cm³/mol. The van der Waals surface area contributed by atoms with Gasteiger partial charge >= 0.3 is 0 Å². The summed E-state index contributed by atoms with van der Waals surface area (Å²) in [6.07, 6.45) is 7.18. The Balaban J connectivity index is 0.00000300. The maximum Gasteiger partial charge on any atom is 0.191 e. The van der Waals surface area contributed by atoms with Crippen molar-refractivity contribution in [1.82, 2.24) is 10.6 Å². The Morgan fingerprint density at radius 3 is 2.66 bits per heavy atom. The summed E-state index contributed by atoms with van der Waals surface area (Å²) >= 11 is 0. The highest BCUT2D eigenvalue weighted by atomic mass is 127. The molecule has 3 N–H and O–H groups in total. The molecule has 1 aliphatic carbocycles. The highest BCUT2D eigenvalue weighted by Gasteiger charge is 2.35. The Kier molecular flexibility index (Phi) is 9.07. The highest BCUT2D eigenvalue weighted by Crippen LogP contribution is 2.34. The lowest BCUT2D eigenvalue weighted by Crippen LogP contribution is -2.47. The predicted octanol–water partition coefficient (Wildman–Crippen LogP) is 4.40. The summed E-state index contributed by atoms with van der Waals surface area (Å²) in [6.45, 7) is 9.07. The van der Waals surface area contributed by atoms with Crippen LogP contribution in [-0.2, 0) is 24.1 Å². The third kappa shape index (κ3) is 6.23. The van der Waals surface area contributed by atoms with Crippen molar-refractivity contribution in [3.8, 4) is 5.75 Å². The monoisotopic (exact) mass is 515 g/mol. The van der Waals surface area contributed by atoms with E-state index in [9.17, 15) is 5.11 Å². The van der Waals surface area contributed by atoms with Gasteiger partial charge in [0.25, 0.3) is 0 Å². The van der Waals surface area contributed by atoms with Crippen molar-refractivity contribution in [2.24, 2.45) is 16.3 Å². The summed E-state index contributed by atoms with van der Waals surface area (Å²) in [4.78, 5) is 4.39. The SMILES string of the molecule is CN=C(NCc1c(O)ccc2c1CCCC2)NCC1CCCOC1C(C)(C)C.I. The van der Waals surface area contributed by atoms with Crippen LogP contribution in [0, 0.1) is 11.3 Å². The molecule has 0 spiro atoms. The van der Waals surface area contributed by atoms with E-state index in [4.69, 9.17) is 4.74 Å². The second-order valence-electron chi connectivity index (χ2n) is 9.27. The van der Waals surface area contributed by atoms with E-state index in [1.807, 2.05) is 6.07 Å². The number of nitrogens with zero attached hydrogens (tertiary/aromatic N) is 1. The van der Waals surface area contributed by atoms with Crippen molar-refractivity contribution in [1.29, 1.82) is 0 Å². The van der Waals surface area contributed by atoms with Crippen molar-refractivity contribution in [2.75, 3.05) is 20.2 Å². The summed E-state index contributed by atoms with van der Waals surface area (Å²) in [5.74, 6) is 1.65. The highest BCUT2D eigenvalue weighted by molar-refractivity contribution is 14.0. The third-order valence-corrected chi connectivity index (χ3v) is 6.11. The lowest BCUT2D eigenvalue weighted by Gasteiger charge is -2.40. The minimum atomic E-state index is 0. The topological polar surface area (TPSA) is 65.9 Å². The van der Waals surface area contributed by atoms with Gasteiger partial charge in [-0.05, 0) is 61.1 Å². The number of ether oxygens (including phenoxy) is 1. The van der Waals surface area contributed by atoms with Crippen LogP contribution in [0.2, 0.25) is 0 Å². The lowest BCUT2D eigenvalue weighted by molar-refractivity contribution is -0.0835. The Morgan fingerprint density at radius 2 is 1.93 bits per heavy atom. The number of phenols is 1. The number of rotatable bonds is 4. The molecule has 0 aromatic heterocycles. The largest absolute Gasteiger partial charge is 0.508 e. The number of hydrogen-bond acceptors (Lipinski definition) is 3. The van der Waals surface area contributed by atoms with Crippen LogP contribution >= 0.6 is 24.0 Å². The number of aryl methyl sites for hydroxylation is 1. The molecular weight excluding hydrogens is 477 g/mol. The Bertz CT molecular complexity index is 700. The Labute approximate surface area is 193 Å². The van der Waals surface area contributed by atoms with Crippen LogP contribution in [-0.4, -0.2) is 37.4 Å². The van der Waals surface area contributed by atoms with Crippen LogP contribution in [0.4, 0.5) is 0 Å². The van der Waals surface area contributed by atoms with Gasteiger partial charge in [0.15, 0.2) is 5.96 Å². The number of halogens is 1. The van der Waals surface area contributed by atoms with Gasteiger partial charge in [0, 0.05) is 38.2 Å². The molecule has 6 heteroatoms. The van der Waals surface area contributed by atoms with Crippen LogP contribution in [0.15, 0.2) is 17.1 Å². The number of fused-ring (bicyclic) bond motifs is 1. The molecule has 1 aromatic rings. The van der Waals surface area contributed by atoms with Crippen LogP contribution < -0.4 is 10.6 Å². The summed E-state index contributed by atoms with van der Waals surface area (Å²) in [7, 11) is 1.80. The van der Waals surface area contributed by atoms with Crippen LogP contribution in [0.5, 0.6) is 5.75 Å². The zero-order valence-corrected chi connectivity index (χ0v) is 20.7. The molecule has 0 saturated carbocycles. The van der Waals surface area contributed by atoms with E-state index >= 15 is 0 Å². The third-order valence-electron chi connectivity index (χ3n) is 6.11. The number of aliphatic imine (C=N–C) groups is 1. The smallest absolute Gasteiger partial charge is 0.191 e. The summed E-state index contributed by atoms with van der Waals surface area (Å²) in [5, 5.41) is 17.3. The van der Waals surface area contributed by atoms with Gasteiger partial charge < -0.3 is 20.5 Å². The molecule has 0 radical (unpaired) electrons. The van der Waals surface area contributed by atoms with E-state index < -0.39 is 0 Å². The zero-order valence-electron chi connectivity index (χ0n) is 18.4. The number of nitrogens with one attached hydrogen (secondary N) is 2. The minimum Gasteiger partial charge on any atom is -0.508 e. The van der Waals surface area contributed by atoms with Crippen LogP contribution in [0.1, 0.15) is 63.1 Å². The van der Waals surface area contributed by atoms with Gasteiger partial charge in [-0.2, -0.15) is 0 Å². The maximum atomic E-state index is 10.4. The molecule has 0 bridgehead atoms. The Hall–Kier alpha value is -1.02. The molecule has 2 atom stereocenters. The molecule has 5 nitrogen and oxygen atoms in total. The van der Waals surface area contributed by atoms with Gasteiger partial charge in [-0.25, -0.2) is 0 Å². The number of guanidine groups is 1. The molecule has 0 amide bonds. The van der Waals surface area contributed by atoms with Crippen molar-refractivity contribution in [3.05, 3.63) is 28.8 Å². The molecule has 1 heterocycles. The maximum absolute atomic E-state index is 10.4. The van der Waals surface area contributed by atoms with Gasteiger partial charge in [-0.1, -0.05) is 26.8 Å². The van der Waals surface area contributed by atoms with E-state index in [2.05, 4.69) is 42.5 Å². The first-order chi connectivity index (χ1) is 13.4. The summed E-state index contributed by atoms with van der Waals surface area (Å²) < 4.78 is 6.09. The fourth-order valence-corrected chi connectivity index (χ4v) is 4.72. The van der Waals surface area contributed by atoms with Gasteiger partial charge in [0.1, 0.15) is 5.75 Å². The van der Waals surface area contributed by atoms with Crippen molar-refractivity contribution in [3.63, 3.8) is 0 Å². The molecule has 3 rings (SSSR count). The standard InChI is InChI=1S/C23H37N3O2.HI/c1-23(2,3)21-17(9-7-13-28-21)14-25-22(24-4)26-15-19-18-10-6-5-8-16(18)11-12-20(19)27;/h11-12,17,21,27H,5-10,13-15H2,1-4H3,(H2,24,25,26);1H. The molecule has 29 heavy (non-hydrogen) atoms. The van der Waals surface area contributed by atoms with E-state index in [-0.39, 0.29) is 35.5 Å². The van der Waals surface area contributed by atoms with E-state index in [1.165, 1.54) is 30.4 Å². The van der Waals surface area contributed by atoms with E-state index in [0.717, 1.165) is 43.9 Å². The fraction of sp³-hybridized carbons (Fsp3) is 0.696. The molecule has 164 valence electrons. The second-order valence-corrected chi connectivity index (χ2v) is 9.27. The molecule has 1 fully saturated rings. The molecular formula is C23H38IN3O2. The van der Waals surface area contributed by atoms with Crippen molar-refractivity contribution in [2.45, 2.75) is 71.9 Å². The average Bonchev–Trinajstić information content (AvgIpc) is 2.69. The van der Waals surface area contributed by atoms with Crippen molar-refractivity contribution >= 4 is 29.9 Å². The first-order valence-electron chi connectivity index (χ1n) is 10.8. The second kappa shape index (κ2) is 10.8. The Morgan fingerprint density at radius 1 is 1.17 bits per heavy atom. The van der Waals surface area contributed by atoms with Gasteiger partial charge in [-0.3, -0.25) is 4.99 Å². The van der Waals surface area contributed by atoms with Crippen LogP contribution in [0.25, 0.3) is 0 Å². The zero-order chi connectivity index (χ0) is 20.1. The molecule has 2 unspecified atom stereocenters. The minimum absolute atomic E-state index is 0. The number of hydrogen-bond donors (Lipinski definition) is 3. The molecule has 1 aliphatic heterocycles. The number of aromatic hydroxyl groups is 1. The number of phenolic OH excluding ortho intramolecular Hbond substituents is 1. The molecule has 2 aliphatic rings. The normalized spacial score (nSPS) is 22.4.